The molecule has 0 aromatic rings. The number of aliphatic hydroxyl groups is 7. The van der Waals surface area contributed by atoms with E-state index in [0.717, 1.165) is 38.5 Å². The third-order valence-electron chi connectivity index (χ3n) is 13.7. The van der Waals surface area contributed by atoms with Crippen molar-refractivity contribution in [3.05, 3.63) is 11.6 Å². The SMILES string of the molecule is CN1CC(C)(O[C@@H]2O[C@H](CO)C(O)[C@H](O)C2O)CCC1C(C)(O)C1C(O)CC2C3CC=C4CC(O)CCC4(C)C3CCC21C. The summed E-state index contributed by atoms with van der Waals surface area (Å²) >= 11 is 0. The molecule has 2 aliphatic heterocycles. The van der Waals surface area contributed by atoms with E-state index in [1.165, 1.54) is 5.57 Å². The van der Waals surface area contributed by atoms with Gasteiger partial charge in [-0.05, 0) is 107 Å². The first-order chi connectivity index (χ1) is 20.6. The van der Waals surface area contributed by atoms with Gasteiger partial charge in [0.1, 0.15) is 24.4 Å². The molecule has 16 atom stereocenters. The number of ether oxygens (including phenoxy) is 2. The molecule has 252 valence electrons. The molecule has 6 aliphatic rings. The van der Waals surface area contributed by atoms with E-state index in [4.69, 9.17) is 9.47 Å². The summed E-state index contributed by atoms with van der Waals surface area (Å²) in [5, 5.41) is 75.1. The van der Waals surface area contributed by atoms with E-state index in [1.54, 1.807) is 0 Å². The predicted molar refractivity (Wildman–Crippen MR) is 162 cm³/mol. The Balaban J connectivity index is 1.17. The molecule has 0 spiro atoms. The van der Waals surface area contributed by atoms with Gasteiger partial charge >= 0.3 is 0 Å². The van der Waals surface area contributed by atoms with Gasteiger partial charge in [-0.2, -0.15) is 0 Å². The summed E-state index contributed by atoms with van der Waals surface area (Å²) in [6, 6.07) is -0.225. The van der Waals surface area contributed by atoms with E-state index in [0.29, 0.717) is 43.6 Å². The molecule has 0 bridgehead atoms. The Morgan fingerprint density at radius 1 is 0.977 bits per heavy atom. The maximum absolute atomic E-state index is 12.5. The standard InChI is InChI=1S/C34H57NO9/c1-31(44-30-28(41)27(40)26(39)24(16-36)43-30)11-10-25(35(5)17-31)34(4,42)29-23(38)15-22-20-7-6-18-14-19(37)8-12-32(18,2)21(20)9-13-33(22,29)3/h6,19-30,36-42H,7-17H2,1-5H3/t19?,20?,21?,22?,23?,24-,25?,26?,27+,28?,29?,30+,31?,32?,33?,34?/m1/s1. The van der Waals surface area contributed by atoms with Crippen LogP contribution in [0.5, 0.6) is 0 Å². The molecule has 10 heteroatoms. The van der Waals surface area contributed by atoms with Crippen LogP contribution in [-0.4, -0.2) is 121 Å². The number of aliphatic hydroxyl groups excluding tert-OH is 6. The summed E-state index contributed by atoms with van der Waals surface area (Å²) in [6.45, 7) is 8.44. The molecule has 44 heavy (non-hydrogen) atoms. The van der Waals surface area contributed by atoms with Gasteiger partial charge < -0.3 is 45.2 Å². The fourth-order valence-electron chi connectivity index (χ4n) is 11.6. The number of rotatable bonds is 5. The number of hydrogen-bond acceptors (Lipinski definition) is 10. The minimum atomic E-state index is -1.50. The number of nitrogens with zero attached hydrogens (tertiary/aromatic N) is 1. The molecule has 7 N–H and O–H groups in total. The molecule has 13 unspecified atom stereocenters. The monoisotopic (exact) mass is 623 g/mol. The Morgan fingerprint density at radius 3 is 2.39 bits per heavy atom. The summed E-state index contributed by atoms with van der Waals surface area (Å²) < 4.78 is 11.9. The highest BCUT2D eigenvalue weighted by atomic mass is 16.7. The normalized spacial score (nSPS) is 54.5. The summed E-state index contributed by atoms with van der Waals surface area (Å²) in [5.74, 6) is 1.05. The lowest BCUT2D eigenvalue weighted by molar-refractivity contribution is -0.330. The van der Waals surface area contributed by atoms with Gasteiger partial charge in [0.15, 0.2) is 6.29 Å². The van der Waals surface area contributed by atoms with E-state index in [9.17, 15) is 35.7 Å². The van der Waals surface area contributed by atoms with Gasteiger partial charge in [0, 0.05) is 18.5 Å². The lowest BCUT2D eigenvalue weighted by atomic mass is 9.46. The average Bonchev–Trinajstić information content (AvgIpc) is 3.24. The van der Waals surface area contributed by atoms with E-state index >= 15 is 0 Å². The van der Waals surface area contributed by atoms with Crippen molar-refractivity contribution in [1.82, 2.24) is 4.90 Å². The third kappa shape index (κ3) is 5.15. The molecule has 2 heterocycles. The van der Waals surface area contributed by atoms with Crippen LogP contribution in [0.2, 0.25) is 0 Å². The van der Waals surface area contributed by atoms with Gasteiger partial charge in [0.2, 0.25) is 0 Å². The summed E-state index contributed by atoms with van der Waals surface area (Å²) in [7, 11) is 1.96. The zero-order valence-corrected chi connectivity index (χ0v) is 27.2. The summed E-state index contributed by atoms with van der Waals surface area (Å²) in [6.07, 6.45) is 2.44. The minimum absolute atomic E-state index is 0.115. The zero-order valence-electron chi connectivity index (χ0n) is 27.2. The van der Waals surface area contributed by atoms with Crippen molar-refractivity contribution in [3.63, 3.8) is 0 Å². The highest BCUT2D eigenvalue weighted by Gasteiger charge is 2.66. The van der Waals surface area contributed by atoms with Crippen molar-refractivity contribution in [1.29, 1.82) is 0 Å². The third-order valence-corrected chi connectivity index (χ3v) is 13.7. The molecule has 3 saturated carbocycles. The number of hydrogen-bond donors (Lipinski definition) is 7. The summed E-state index contributed by atoms with van der Waals surface area (Å²) in [5.41, 5.74) is -0.591. The maximum atomic E-state index is 12.5. The van der Waals surface area contributed by atoms with Crippen molar-refractivity contribution < 1.29 is 45.2 Å². The first kappa shape index (κ1) is 33.2. The lowest BCUT2D eigenvalue weighted by Crippen LogP contribution is -2.66. The molecule has 6 rings (SSSR count). The van der Waals surface area contributed by atoms with Gasteiger partial charge in [0.25, 0.3) is 0 Å². The number of piperidine rings is 1. The molecule has 5 fully saturated rings. The van der Waals surface area contributed by atoms with E-state index < -0.39 is 54.6 Å². The fraction of sp³-hybridized carbons (Fsp3) is 0.941. The Kier molecular flexibility index (Phi) is 8.69. The van der Waals surface area contributed by atoms with Crippen LogP contribution in [0, 0.1) is 34.5 Å². The van der Waals surface area contributed by atoms with Crippen molar-refractivity contribution in [2.24, 2.45) is 34.5 Å². The van der Waals surface area contributed by atoms with Crippen LogP contribution >= 0.6 is 0 Å². The molecule has 0 aromatic carbocycles. The van der Waals surface area contributed by atoms with Crippen molar-refractivity contribution in [2.45, 2.75) is 146 Å². The first-order valence-corrected chi connectivity index (χ1v) is 17.0. The van der Waals surface area contributed by atoms with Crippen molar-refractivity contribution in [3.8, 4) is 0 Å². The molecule has 0 radical (unpaired) electrons. The van der Waals surface area contributed by atoms with Crippen LogP contribution in [0.3, 0.4) is 0 Å². The molecule has 10 nitrogen and oxygen atoms in total. The van der Waals surface area contributed by atoms with E-state index in [1.807, 2.05) is 20.9 Å². The number of fused-ring (bicyclic) bond motifs is 5. The summed E-state index contributed by atoms with van der Waals surface area (Å²) in [4.78, 5) is 2.09. The average molecular weight is 624 g/mol. The number of allylic oxidation sites excluding steroid dienone is 1. The second kappa shape index (κ2) is 11.5. The second-order valence-electron chi connectivity index (χ2n) is 16.4. The van der Waals surface area contributed by atoms with Crippen LogP contribution in [-0.2, 0) is 9.47 Å². The molecule has 4 aliphatic carbocycles. The highest BCUT2D eigenvalue weighted by molar-refractivity contribution is 5.26. The zero-order chi connectivity index (χ0) is 32.0. The Labute approximate surface area is 262 Å². The topological polar surface area (TPSA) is 163 Å². The largest absolute Gasteiger partial charge is 0.394 e. The molecule has 0 aromatic heterocycles. The predicted octanol–water partition coefficient (Wildman–Crippen LogP) is 1.32. The quantitative estimate of drug-likeness (QED) is 0.222. The molecular formula is C34H57NO9. The van der Waals surface area contributed by atoms with Crippen LogP contribution in [0.25, 0.3) is 0 Å². The van der Waals surface area contributed by atoms with E-state index in [2.05, 4.69) is 24.8 Å². The van der Waals surface area contributed by atoms with Gasteiger partial charge in [-0.3, -0.25) is 4.90 Å². The Morgan fingerprint density at radius 2 is 1.70 bits per heavy atom. The lowest BCUT2D eigenvalue weighted by Gasteiger charge is -2.60. The Hall–Kier alpha value is -0.660. The van der Waals surface area contributed by atoms with Crippen LogP contribution < -0.4 is 0 Å². The minimum Gasteiger partial charge on any atom is -0.394 e. The Bertz CT molecular complexity index is 1100. The van der Waals surface area contributed by atoms with Gasteiger partial charge in [-0.25, -0.2) is 0 Å². The fourth-order valence-corrected chi connectivity index (χ4v) is 11.6. The molecule has 2 saturated heterocycles. The highest BCUT2D eigenvalue weighted by Crippen LogP contribution is 2.68. The van der Waals surface area contributed by atoms with Crippen molar-refractivity contribution in [2.75, 3.05) is 20.2 Å². The smallest absolute Gasteiger partial charge is 0.187 e. The maximum Gasteiger partial charge on any atom is 0.187 e. The number of likely N-dealkylation sites (tertiary alicyclic amines) is 1. The van der Waals surface area contributed by atoms with Gasteiger partial charge in [0.05, 0.1) is 30.0 Å². The second-order valence-corrected chi connectivity index (χ2v) is 16.4. The van der Waals surface area contributed by atoms with Crippen molar-refractivity contribution >= 4 is 0 Å². The first-order valence-electron chi connectivity index (χ1n) is 17.0. The van der Waals surface area contributed by atoms with E-state index in [-0.39, 0.29) is 28.9 Å². The van der Waals surface area contributed by atoms with Crippen LogP contribution in [0.15, 0.2) is 11.6 Å². The van der Waals surface area contributed by atoms with Gasteiger partial charge in [-0.1, -0.05) is 25.5 Å². The van der Waals surface area contributed by atoms with Gasteiger partial charge in [-0.15, -0.1) is 0 Å². The number of likely N-dealkylation sites (N-methyl/N-ethyl adjacent to an activating group) is 1. The van der Waals surface area contributed by atoms with Crippen LogP contribution in [0.4, 0.5) is 0 Å². The molecule has 0 amide bonds. The van der Waals surface area contributed by atoms with Crippen LogP contribution in [0.1, 0.15) is 85.5 Å². The molecular weight excluding hydrogens is 566 g/mol.